The molecule has 0 amide bonds. The third-order valence-electron chi connectivity index (χ3n) is 4.87. The lowest BCUT2D eigenvalue weighted by Gasteiger charge is -2.06. The first-order valence-corrected chi connectivity index (χ1v) is 9.38. The first-order chi connectivity index (χ1) is 14.5. The van der Waals surface area contributed by atoms with Crippen LogP contribution in [0.25, 0.3) is 11.3 Å². The minimum Gasteiger partial charge on any atom is -0.383 e. The van der Waals surface area contributed by atoms with Gasteiger partial charge in [-0.3, -0.25) is 0 Å². The highest BCUT2D eigenvalue weighted by molar-refractivity contribution is 5.69. The fourth-order valence-electron chi connectivity index (χ4n) is 3.22. The lowest BCUT2D eigenvalue weighted by molar-refractivity contribution is 0.425. The molecule has 0 radical (unpaired) electrons. The monoisotopic (exact) mass is 409 g/mol. The number of hydrogen-bond donors (Lipinski definition) is 1. The maximum absolute atomic E-state index is 13.8. The molecule has 0 saturated carbocycles. The van der Waals surface area contributed by atoms with Crippen LogP contribution >= 0.6 is 0 Å². The summed E-state index contributed by atoms with van der Waals surface area (Å²) in [5, 5.41) is 4.09. The zero-order valence-corrected chi connectivity index (χ0v) is 15.9. The van der Waals surface area contributed by atoms with E-state index in [2.05, 4.69) is 10.1 Å². The number of nitrogens with two attached hydrogens (primary N) is 1. The Morgan fingerprint density at radius 1 is 0.867 bits per heavy atom. The highest BCUT2D eigenvalue weighted by Crippen LogP contribution is 2.25. The van der Waals surface area contributed by atoms with E-state index < -0.39 is 17.5 Å². The molecule has 152 valence electrons. The van der Waals surface area contributed by atoms with Gasteiger partial charge in [0.25, 0.3) is 0 Å². The first-order valence-electron chi connectivity index (χ1n) is 9.38. The molecule has 30 heavy (non-hydrogen) atoms. The Balaban J connectivity index is 1.40. The lowest BCUT2D eigenvalue weighted by atomic mass is 10.0. The van der Waals surface area contributed by atoms with Crippen LogP contribution in [0.5, 0.6) is 0 Å². The molecule has 4 rings (SSSR count). The van der Waals surface area contributed by atoms with Gasteiger partial charge >= 0.3 is 0 Å². The van der Waals surface area contributed by atoms with Crippen molar-refractivity contribution in [1.29, 1.82) is 0 Å². The Morgan fingerprint density at radius 2 is 1.63 bits per heavy atom. The number of aromatic nitrogens is 2. The Labute approximate surface area is 171 Å². The van der Waals surface area contributed by atoms with Crippen molar-refractivity contribution in [2.45, 2.75) is 19.3 Å². The second-order valence-corrected chi connectivity index (χ2v) is 6.95. The molecule has 2 N–H and O–H groups in total. The van der Waals surface area contributed by atoms with Crippen LogP contribution in [-0.2, 0) is 19.3 Å². The number of benzene rings is 2. The van der Waals surface area contributed by atoms with E-state index in [0.717, 1.165) is 22.9 Å². The van der Waals surface area contributed by atoms with Crippen molar-refractivity contribution in [3.05, 3.63) is 101 Å². The van der Waals surface area contributed by atoms with Gasteiger partial charge in [0.15, 0.2) is 23.2 Å². The van der Waals surface area contributed by atoms with Gasteiger partial charge in [-0.1, -0.05) is 35.5 Å². The van der Waals surface area contributed by atoms with E-state index >= 15 is 0 Å². The molecule has 7 heteroatoms. The van der Waals surface area contributed by atoms with Crippen molar-refractivity contribution in [2.75, 3.05) is 5.73 Å². The van der Waals surface area contributed by atoms with E-state index in [1.807, 2.05) is 36.4 Å². The molecule has 4 aromatic rings. The number of rotatable bonds is 6. The second kappa shape index (κ2) is 8.41. The molecule has 0 bridgehead atoms. The molecule has 0 aliphatic rings. The minimum absolute atomic E-state index is 0.155. The van der Waals surface area contributed by atoms with Crippen molar-refractivity contribution in [2.24, 2.45) is 0 Å². The van der Waals surface area contributed by atoms with Gasteiger partial charge in [0.05, 0.1) is 11.3 Å². The van der Waals surface area contributed by atoms with Crippen LogP contribution in [0.3, 0.4) is 0 Å². The maximum atomic E-state index is 13.8. The highest BCUT2D eigenvalue weighted by Gasteiger charge is 2.13. The SMILES string of the molecule is Nc1ncccc1-c1cc(Cc2ccc(CCc3ccc(F)c(F)c3F)cc2)no1. The van der Waals surface area contributed by atoms with Crippen LogP contribution in [0.2, 0.25) is 0 Å². The Kier molecular flexibility index (Phi) is 5.52. The number of nitrogens with zero attached hydrogens (tertiary/aromatic N) is 2. The number of anilines is 1. The van der Waals surface area contributed by atoms with Gasteiger partial charge in [0, 0.05) is 18.7 Å². The number of hydrogen-bond acceptors (Lipinski definition) is 4. The molecule has 0 aliphatic carbocycles. The number of aryl methyl sites for hydroxylation is 2. The van der Waals surface area contributed by atoms with E-state index in [0.29, 0.717) is 30.0 Å². The third kappa shape index (κ3) is 4.20. The van der Waals surface area contributed by atoms with Gasteiger partial charge in [-0.15, -0.1) is 0 Å². The normalized spacial score (nSPS) is 11.0. The zero-order valence-electron chi connectivity index (χ0n) is 15.9. The van der Waals surface area contributed by atoms with Crippen molar-refractivity contribution < 1.29 is 17.7 Å². The molecule has 2 aromatic carbocycles. The quantitative estimate of drug-likeness (QED) is 0.450. The predicted molar refractivity (Wildman–Crippen MR) is 107 cm³/mol. The van der Waals surface area contributed by atoms with Crippen LogP contribution in [0.4, 0.5) is 19.0 Å². The summed E-state index contributed by atoms with van der Waals surface area (Å²) >= 11 is 0. The van der Waals surface area contributed by atoms with E-state index in [9.17, 15) is 13.2 Å². The van der Waals surface area contributed by atoms with E-state index in [-0.39, 0.29) is 12.0 Å². The summed E-state index contributed by atoms with van der Waals surface area (Å²) in [5.41, 5.74) is 9.45. The predicted octanol–water partition coefficient (Wildman–Crippen LogP) is 5.11. The van der Waals surface area contributed by atoms with Crippen LogP contribution in [0.15, 0.2) is 65.3 Å². The van der Waals surface area contributed by atoms with Gasteiger partial charge in [-0.25, -0.2) is 18.2 Å². The Bertz CT molecular complexity index is 1170. The minimum atomic E-state index is -1.43. The van der Waals surface area contributed by atoms with Gasteiger partial charge in [0.2, 0.25) is 0 Å². The largest absolute Gasteiger partial charge is 0.383 e. The highest BCUT2D eigenvalue weighted by atomic mass is 19.2. The standard InChI is InChI=1S/C23H18F3N3O/c24-19-10-9-16(21(25)22(19)26)8-7-14-3-5-15(6-4-14)12-17-13-20(30-29-17)18-2-1-11-28-23(18)27/h1-6,9-11,13H,7-8,12H2,(H2,27,28). The van der Waals surface area contributed by atoms with Crippen LogP contribution in [0.1, 0.15) is 22.4 Å². The molecule has 2 aromatic heterocycles. The van der Waals surface area contributed by atoms with Crippen molar-refractivity contribution in [3.63, 3.8) is 0 Å². The third-order valence-corrected chi connectivity index (χ3v) is 4.87. The van der Waals surface area contributed by atoms with Crippen LogP contribution in [0, 0.1) is 17.5 Å². The summed E-state index contributed by atoms with van der Waals surface area (Å²) in [6, 6.07) is 15.4. The average molecular weight is 409 g/mol. The number of halogens is 3. The van der Waals surface area contributed by atoms with E-state index in [1.165, 1.54) is 6.07 Å². The Hall–Kier alpha value is -3.61. The number of nitrogen functional groups attached to an aromatic ring is 1. The molecule has 0 aliphatic heterocycles. The molecule has 0 fully saturated rings. The van der Waals surface area contributed by atoms with Gasteiger partial charge in [-0.2, -0.15) is 0 Å². The lowest BCUT2D eigenvalue weighted by Crippen LogP contribution is -2.00. The zero-order chi connectivity index (χ0) is 21.1. The van der Waals surface area contributed by atoms with E-state index in [4.69, 9.17) is 10.3 Å². The van der Waals surface area contributed by atoms with Crippen molar-refractivity contribution in [3.8, 4) is 11.3 Å². The average Bonchev–Trinajstić information content (AvgIpc) is 3.21. The van der Waals surface area contributed by atoms with Gasteiger partial charge < -0.3 is 10.3 Å². The topological polar surface area (TPSA) is 64.9 Å². The smallest absolute Gasteiger partial charge is 0.194 e. The Morgan fingerprint density at radius 3 is 2.40 bits per heavy atom. The summed E-state index contributed by atoms with van der Waals surface area (Å²) in [7, 11) is 0. The molecule has 0 atom stereocenters. The number of pyridine rings is 1. The van der Waals surface area contributed by atoms with Crippen LogP contribution in [-0.4, -0.2) is 10.1 Å². The van der Waals surface area contributed by atoms with E-state index in [1.54, 1.807) is 12.3 Å². The molecule has 2 heterocycles. The van der Waals surface area contributed by atoms with Crippen LogP contribution < -0.4 is 5.73 Å². The van der Waals surface area contributed by atoms with Gasteiger partial charge in [-0.05, 0) is 47.7 Å². The molecule has 0 unspecified atom stereocenters. The molecule has 0 saturated heterocycles. The summed E-state index contributed by atoms with van der Waals surface area (Å²) in [4.78, 5) is 4.04. The summed E-state index contributed by atoms with van der Waals surface area (Å²) in [5.74, 6) is -2.80. The maximum Gasteiger partial charge on any atom is 0.194 e. The molecule has 4 nitrogen and oxygen atoms in total. The summed E-state index contributed by atoms with van der Waals surface area (Å²) in [6.07, 6.45) is 2.97. The fourth-order valence-corrected chi connectivity index (χ4v) is 3.22. The molecule has 0 spiro atoms. The second-order valence-electron chi connectivity index (χ2n) is 6.95. The molecular formula is C23H18F3N3O. The van der Waals surface area contributed by atoms with Gasteiger partial charge in [0.1, 0.15) is 5.82 Å². The summed E-state index contributed by atoms with van der Waals surface area (Å²) < 4.78 is 45.5. The molecular weight excluding hydrogens is 391 g/mol. The summed E-state index contributed by atoms with van der Waals surface area (Å²) in [6.45, 7) is 0. The van der Waals surface area contributed by atoms with Crippen molar-refractivity contribution in [1.82, 2.24) is 10.1 Å². The fraction of sp³-hybridized carbons (Fsp3) is 0.130. The van der Waals surface area contributed by atoms with Crippen molar-refractivity contribution >= 4 is 5.82 Å². The first kappa shape index (κ1) is 19.7.